The lowest BCUT2D eigenvalue weighted by Crippen LogP contribution is -2.40. The maximum Gasteiger partial charge on any atom is 0.310 e. The highest BCUT2D eigenvalue weighted by atomic mass is 16.5. The summed E-state index contributed by atoms with van der Waals surface area (Å²) in [6.07, 6.45) is 4.79. The van der Waals surface area contributed by atoms with E-state index in [1.165, 1.54) is 0 Å². The van der Waals surface area contributed by atoms with Crippen LogP contribution >= 0.6 is 0 Å². The molecule has 0 spiro atoms. The summed E-state index contributed by atoms with van der Waals surface area (Å²) in [6, 6.07) is 0. The molecule has 5 heteroatoms. The van der Waals surface area contributed by atoms with Gasteiger partial charge in [-0.1, -0.05) is 0 Å². The van der Waals surface area contributed by atoms with Crippen molar-refractivity contribution in [2.24, 2.45) is 13.0 Å². The van der Waals surface area contributed by atoms with E-state index >= 15 is 0 Å². The summed E-state index contributed by atoms with van der Waals surface area (Å²) in [5, 5.41) is 7.43. The van der Waals surface area contributed by atoms with Gasteiger partial charge in [-0.2, -0.15) is 5.10 Å². The Hall–Kier alpha value is -1.36. The van der Waals surface area contributed by atoms with Crippen molar-refractivity contribution >= 4 is 5.97 Å². The molecule has 17 heavy (non-hydrogen) atoms. The van der Waals surface area contributed by atoms with Crippen LogP contribution in [0.5, 0.6) is 0 Å². The van der Waals surface area contributed by atoms with Crippen molar-refractivity contribution in [3.05, 3.63) is 18.0 Å². The van der Waals surface area contributed by atoms with Gasteiger partial charge in [0, 0.05) is 25.7 Å². The number of esters is 1. The Labute approximate surface area is 101 Å². The highest BCUT2D eigenvalue weighted by Crippen LogP contribution is 2.30. The maximum absolute atomic E-state index is 11.9. The largest absolute Gasteiger partial charge is 0.466 e. The summed E-state index contributed by atoms with van der Waals surface area (Å²) < 4.78 is 6.91. The number of nitrogens with one attached hydrogen (secondary N) is 1. The highest BCUT2D eigenvalue weighted by molar-refractivity contribution is 5.74. The second-order valence-corrected chi connectivity index (χ2v) is 4.41. The first-order valence-electron chi connectivity index (χ1n) is 6.08. The summed E-state index contributed by atoms with van der Waals surface area (Å²) in [6.45, 7) is 3.91. The molecule has 2 atom stereocenters. The van der Waals surface area contributed by atoms with Crippen LogP contribution in [0.4, 0.5) is 0 Å². The van der Waals surface area contributed by atoms with Crippen LogP contribution < -0.4 is 5.32 Å². The van der Waals surface area contributed by atoms with Crippen molar-refractivity contribution in [1.29, 1.82) is 0 Å². The Morgan fingerprint density at radius 3 is 3.18 bits per heavy atom. The predicted molar refractivity (Wildman–Crippen MR) is 63.6 cm³/mol. The van der Waals surface area contributed by atoms with E-state index in [1.54, 1.807) is 4.68 Å². The van der Waals surface area contributed by atoms with Gasteiger partial charge in [-0.25, -0.2) is 0 Å². The molecular weight excluding hydrogens is 218 g/mol. The summed E-state index contributed by atoms with van der Waals surface area (Å²) in [4.78, 5) is 11.9. The first kappa shape index (κ1) is 12.1. The Balaban J connectivity index is 2.14. The Bertz CT molecular complexity index is 389. The van der Waals surface area contributed by atoms with E-state index in [-0.39, 0.29) is 17.8 Å². The van der Waals surface area contributed by atoms with Gasteiger partial charge in [0.05, 0.1) is 18.7 Å². The molecule has 2 rings (SSSR count). The van der Waals surface area contributed by atoms with Crippen molar-refractivity contribution in [3.63, 3.8) is 0 Å². The van der Waals surface area contributed by atoms with E-state index in [0.717, 1.165) is 18.5 Å². The third-order valence-corrected chi connectivity index (χ3v) is 3.22. The van der Waals surface area contributed by atoms with Crippen LogP contribution in [0, 0.1) is 5.92 Å². The van der Waals surface area contributed by atoms with E-state index in [2.05, 4.69) is 10.4 Å². The van der Waals surface area contributed by atoms with E-state index < -0.39 is 0 Å². The van der Waals surface area contributed by atoms with Gasteiger partial charge in [-0.15, -0.1) is 0 Å². The molecule has 0 unspecified atom stereocenters. The molecular formula is C12H19N3O2. The fraction of sp³-hybridized carbons (Fsp3) is 0.667. The van der Waals surface area contributed by atoms with Gasteiger partial charge in [0.25, 0.3) is 0 Å². The lowest BCUT2D eigenvalue weighted by Gasteiger charge is -2.29. The van der Waals surface area contributed by atoms with Crippen molar-refractivity contribution in [3.8, 4) is 0 Å². The van der Waals surface area contributed by atoms with Crippen LogP contribution in [-0.2, 0) is 16.6 Å². The lowest BCUT2D eigenvalue weighted by molar-refractivity contribution is -0.149. The molecule has 5 nitrogen and oxygen atoms in total. The summed E-state index contributed by atoms with van der Waals surface area (Å²) in [5.74, 6) is 0.0328. The van der Waals surface area contributed by atoms with Crippen LogP contribution in [-0.4, -0.2) is 35.4 Å². The summed E-state index contributed by atoms with van der Waals surface area (Å²) in [7, 11) is 1.89. The van der Waals surface area contributed by atoms with E-state index in [9.17, 15) is 4.79 Å². The number of hydrogen-bond donors (Lipinski definition) is 1. The van der Waals surface area contributed by atoms with Crippen LogP contribution in [0.2, 0.25) is 0 Å². The molecule has 1 fully saturated rings. The number of aromatic nitrogens is 2. The Morgan fingerprint density at radius 1 is 1.71 bits per heavy atom. The zero-order chi connectivity index (χ0) is 12.3. The number of piperidine rings is 1. The first-order valence-corrected chi connectivity index (χ1v) is 6.08. The quantitative estimate of drug-likeness (QED) is 0.785. The number of ether oxygens (including phenoxy) is 1. The standard InChI is InChI=1S/C12H19N3O2/c1-3-17-12(16)11-7-13-5-4-10(11)9-6-14-15(2)8-9/h6,8,10-11,13H,3-5,7H2,1-2H3/t10-,11+/m1/s1. The molecule has 0 radical (unpaired) electrons. The number of nitrogens with zero attached hydrogens (tertiary/aromatic N) is 2. The molecule has 94 valence electrons. The lowest BCUT2D eigenvalue weighted by atomic mass is 9.82. The molecule has 1 aromatic rings. The number of rotatable bonds is 3. The van der Waals surface area contributed by atoms with Gasteiger partial charge < -0.3 is 10.1 Å². The van der Waals surface area contributed by atoms with E-state index in [0.29, 0.717) is 13.2 Å². The Morgan fingerprint density at radius 2 is 2.53 bits per heavy atom. The average Bonchev–Trinajstić information content (AvgIpc) is 2.76. The molecule has 2 heterocycles. The molecule has 1 aliphatic rings. The van der Waals surface area contributed by atoms with Gasteiger partial charge in [0.1, 0.15) is 0 Å². The van der Waals surface area contributed by atoms with Crippen LogP contribution in [0.15, 0.2) is 12.4 Å². The smallest absolute Gasteiger partial charge is 0.310 e. The number of hydrogen-bond acceptors (Lipinski definition) is 4. The van der Waals surface area contributed by atoms with Crippen molar-refractivity contribution < 1.29 is 9.53 Å². The monoisotopic (exact) mass is 237 g/mol. The zero-order valence-electron chi connectivity index (χ0n) is 10.3. The molecule has 1 aromatic heterocycles. The van der Waals surface area contributed by atoms with E-state index in [4.69, 9.17) is 4.74 Å². The highest BCUT2D eigenvalue weighted by Gasteiger charge is 2.33. The molecule has 0 aliphatic carbocycles. The SMILES string of the molecule is CCOC(=O)[C@H]1CNCC[C@@H]1c1cnn(C)c1. The van der Waals surface area contributed by atoms with Crippen LogP contribution in [0.3, 0.4) is 0 Å². The molecule has 1 aliphatic heterocycles. The van der Waals surface area contributed by atoms with Crippen LogP contribution in [0.25, 0.3) is 0 Å². The summed E-state index contributed by atoms with van der Waals surface area (Å²) in [5.41, 5.74) is 1.13. The van der Waals surface area contributed by atoms with Crippen molar-refractivity contribution in [1.82, 2.24) is 15.1 Å². The number of carbonyl (C=O) groups is 1. The second kappa shape index (κ2) is 5.31. The van der Waals surface area contributed by atoms with Gasteiger partial charge in [0.2, 0.25) is 0 Å². The van der Waals surface area contributed by atoms with Gasteiger partial charge in [-0.05, 0) is 25.5 Å². The molecule has 0 saturated carbocycles. The van der Waals surface area contributed by atoms with Crippen LogP contribution in [0.1, 0.15) is 24.8 Å². The second-order valence-electron chi connectivity index (χ2n) is 4.41. The normalized spacial score (nSPS) is 24.6. The average molecular weight is 237 g/mol. The zero-order valence-corrected chi connectivity index (χ0v) is 10.3. The number of carbonyl (C=O) groups excluding carboxylic acids is 1. The van der Waals surface area contributed by atoms with Gasteiger partial charge in [0.15, 0.2) is 0 Å². The molecule has 1 N–H and O–H groups in total. The number of aryl methyl sites for hydroxylation is 1. The minimum absolute atomic E-state index is 0.0899. The predicted octanol–water partition coefficient (Wildman–Crippen LogP) is 0.676. The van der Waals surface area contributed by atoms with Gasteiger partial charge in [-0.3, -0.25) is 9.48 Å². The minimum atomic E-state index is -0.103. The van der Waals surface area contributed by atoms with Crippen molar-refractivity contribution in [2.45, 2.75) is 19.3 Å². The third-order valence-electron chi connectivity index (χ3n) is 3.22. The fourth-order valence-electron chi connectivity index (χ4n) is 2.39. The molecule has 0 aromatic carbocycles. The molecule has 1 saturated heterocycles. The van der Waals surface area contributed by atoms with E-state index in [1.807, 2.05) is 26.4 Å². The van der Waals surface area contributed by atoms with Crippen molar-refractivity contribution in [2.75, 3.05) is 19.7 Å². The Kier molecular flexibility index (Phi) is 3.78. The first-order chi connectivity index (χ1) is 8.22. The topological polar surface area (TPSA) is 56.1 Å². The maximum atomic E-state index is 11.9. The fourth-order valence-corrected chi connectivity index (χ4v) is 2.39. The molecule has 0 bridgehead atoms. The summed E-state index contributed by atoms with van der Waals surface area (Å²) >= 11 is 0. The van der Waals surface area contributed by atoms with Gasteiger partial charge >= 0.3 is 5.97 Å². The minimum Gasteiger partial charge on any atom is -0.466 e. The third kappa shape index (κ3) is 2.66. The molecule has 0 amide bonds.